The summed E-state index contributed by atoms with van der Waals surface area (Å²) in [5, 5.41) is 10.6. The number of carbonyl (C=O) groups excluding carboxylic acids is 1. The Bertz CT molecular complexity index is 751. The third-order valence-corrected chi connectivity index (χ3v) is 5.20. The number of aliphatic hydroxyl groups excluding tert-OH is 1. The molecular formula is C23H30N2O3. The summed E-state index contributed by atoms with van der Waals surface area (Å²) in [5.74, 6) is -0.331. The van der Waals surface area contributed by atoms with Gasteiger partial charge in [0.05, 0.1) is 18.8 Å². The second kappa shape index (κ2) is 10.4. The number of nitrogens with two attached hydrogens (primary N) is 1. The molecule has 5 nitrogen and oxygen atoms in total. The Morgan fingerprint density at radius 2 is 1.93 bits per heavy atom. The van der Waals surface area contributed by atoms with Crippen LogP contribution in [0.2, 0.25) is 0 Å². The number of hydrogen-bond donors (Lipinski definition) is 2. The van der Waals surface area contributed by atoms with Gasteiger partial charge in [0.2, 0.25) is 5.91 Å². The fraction of sp³-hybridized carbons (Fsp3) is 0.435. The van der Waals surface area contributed by atoms with Crippen molar-refractivity contribution in [2.24, 2.45) is 5.73 Å². The van der Waals surface area contributed by atoms with Crippen molar-refractivity contribution in [2.75, 3.05) is 19.7 Å². The molecule has 1 aliphatic rings. The molecule has 3 N–H and O–H groups in total. The number of hydrogen-bond acceptors (Lipinski definition) is 4. The van der Waals surface area contributed by atoms with Crippen LogP contribution in [0.15, 0.2) is 54.6 Å². The van der Waals surface area contributed by atoms with Gasteiger partial charge in [-0.3, -0.25) is 9.69 Å². The van der Waals surface area contributed by atoms with Gasteiger partial charge in [-0.05, 0) is 36.0 Å². The van der Waals surface area contributed by atoms with Crippen molar-refractivity contribution in [2.45, 2.75) is 44.4 Å². The highest BCUT2D eigenvalue weighted by molar-refractivity contribution is 5.73. The van der Waals surface area contributed by atoms with Crippen LogP contribution >= 0.6 is 0 Å². The SMILES string of the molecule is NC(=O)CCN(Cc1ccccc1)C[C@H](O)CO[C@H]1CCCc2ccccc21. The minimum Gasteiger partial charge on any atom is -0.389 e. The molecule has 0 radical (unpaired) electrons. The Morgan fingerprint density at radius 3 is 2.71 bits per heavy atom. The van der Waals surface area contributed by atoms with E-state index in [0.717, 1.165) is 24.8 Å². The van der Waals surface area contributed by atoms with Crippen LogP contribution in [-0.4, -0.2) is 41.7 Å². The summed E-state index contributed by atoms with van der Waals surface area (Å²) in [4.78, 5) is 13.3. The monoisotopic (exact) mass is 382 g/mol. The third-order valence-electron chi connectivity index (χ3n) is 5.20. The maximum absolute atomic E-state index is 11.2. The molecule has 0 bridgehead atoms. The van der Waals surface area contributed by atoms with E-state index in [-0.39, 0.29) is 25.0 Å². The van der Waals surface area contributed by atoms with Gasteiger partial charge >= 0.3 is 0 Å². The Labute approximate surface area is 167 Å². The van der Waals surface area contributed by atoms with Crippen molar-refractivity contribution < 1.29 is 14.6 Å². The average molecular weight is 383 g/mol. The van der Waals surface area contributed by atoms with Crippen LogP contribution in [0.4, 0.5) is 0 Å². The highest BCUT2D eigenvalue weighted by Crippen LogP contribution is 2.32. The predicted octanol–water partition coefficient (Wildman–Crippen LogP) is 2.82. The Balaban J connectivity index is 1.54. The summed E-state index contributed by atoms with van der Waals surface area (Å²) in [7, 11) is 0. The molecule has 5 heteroatoms. The molecule has 2 aromatic carbocycles. The number of aliphatic hydroxyl groups is 1. The van der Waals surface area contributed by atoms with Crippen molar-refractivity contribution in [3.63, 3.8) is 0 Å². The number of nitrogens with zero attached hydrogens (tertiary/aromatic N) is 1. The van der Waals surface area contributed by atoms with Crippen LogP contribution in [0.5, 0.6) is 0 Å². The van der Waals surface area contributed by atoms with Gasteiger partial charge in [0.25, 0.3) is 0 Å². The molecule has 0 saturated heterocycles. The number of amides is 1. The smallest absolute Gasteiger partial charge is 0.218 e. The summed E-state index contributed by atoms with van der Waals surface area (Å²) in [5.41, 5.74) is 9.05. The highest BCUT2D eigenvalue weighted by Gasteiger charge is 2.22. The van der Waals surface area contributed by atoms with E-state index in [0.29, 0.717) is 19.6 Å². The Morgan fingerprint density at radius 1 is 1.18 bits per heavy atom. The number of carbonyl (C=O) groups is 1. The number of ether oxygens (including phenoxy) is 1. The zero-order valence-electron chi connectivity index (χ0n) is 16.3. The van der Waals surface area contributed by atoms with Crippen LogP contribution < -0.4 is 5.73 Å². The first-order valence-electron chi connectivity index (χ1n) is 10.0. The minimum absolute atomic E-state index is 0.0489. The van der Waals surface area contributed by atoms with E-state index >= 15 is 0 Å². The molecule has 0 saturated carbocycles. The van der Waals surface area contributed by atoms with E-state index in [1.165, 1.54) is 11.1 Å². The normalized spacial score (nSPS) is 17.3. The second-order valence-electron chi connectivity index (χ2n) is 7.50. The summed E-state index contributed by atoms with van der Waals surface area (Å²) in [6, 6.07) is 18.4. The summed E-state index contributed by atoms with van der Waals surface area (Å²) in [6.07, 6.45) is 2.89. The molecule has 0 heterocycles. The van der Waals surface area contributed by atoms with Gasteiger partial charge < -0.3 is 15.6 Å². The van der Waals surface area contributed by atoms with E-state index in [1.54, 1.807) is 0 Å². The van der Waals surface area contributed by atoms with Gasteiger partial charge in [0.15, 0.2) is 0 Å². The minimum atomic E-state index is -0.620. The van der Waals surface area contributed by atoms with Gasteiger partial charge in [0, 0.05) is 26.1 Å². The first-order valence-corrected chi connectivity index (χ1v) is 10.0. The second-order valence-corrected chi connectivity index (χ2v) is 7.50. The molecular weight excluding hydrogens is 352 g/mol. The number of rotatable bonds is 10. The summed E-state index contributed by atoms with van der Waals surface area (Å²) < 4.78 is 6.08. The van der Waals surface area contributed by atoms with Crippen molar-refractivity contribution in [3.8, 4) is 0 Å². The molecule has 0 unspecified atom stereocenters. The van der Waals surface area contributed by atoms with Crippen molar-refractivity contribution >= 4 is 5.91 Å². The fourth-order valence-corrected chi connectivity index (χ4v) is 3.81. The largest absolute Gasteiger partial charge is 0.389 e. The van der Waals surface area contributed by atoms with Gasteiger partial charge in [-0.2, -0.15) is 0 Å². The Hall–Kier alpha value is -2.21. The van der Waals surface area contributed by atoms with Gasteiger partial charge in [-0.25, -0.2) is 0 Å². The third kappa shape index (κ3) is 6.16. The first-order chi connectivity index (χ1) is 13.6. The van der Waals surface area contributed by atoms with Crippen molar-refractivity contribution in [1.82, 2.24) is 4.90 Å². The lowest BCUT2D eigenvalue weighted by atomic mass is 9.89. The molecule has 3 rings (SSSR count). The van der Waals surface area contributed by atoms with Crippen LogP contribution in [0.3, 0.4) is 0 Å². The average Bonchev–Trinajstić information content (AvgIpc) is 2.71. The topological polar surface area (TPSA) is 75.8 Å². The van der Waals surface area contributed by atoms with Gasteiger partial charge in [-0.1, -0.05) is 54.6 Å². The maximum atomic E-state index is 11.2. The molecule has 28 heavy (non-hydrogen) atoms. The van der Waals surface area contributed by atoms with E-state index in [1.807, 2.05) is 36.4 Å². The van der Waals surface area contributed by atoms with Crippen LogP contribution in [0.25, 0.3) is 0 Å². The summed E-state index contributed by atoms with van der Waals surface area (Å²) >= 11 is 0. The number of fused-ring (bicyclic) bond motifs is 1. The van der Waals surface area contributed by atoms with Gasteiger partial charge in [0.1, 0.15) is 0 Å². The lowest BCUT2D eigenvalue weighted by Crippen LogP contribution is -2.37. The van der Waals surface area contributed by atoms with E-state index in [2.05, 4.69) is 23.1 Å². The Kier molecular flexibility index (Phi) is 7.60. The fourth-order valence-electron chi connectivity index (χ4n) is 3.81. The molecule has 0 aromatic heterocycles. The number of primary amides is 1. The quantitative estimate of drug-likeness (QED) is 0.663. The first kappa shape index (κ1) is 20.5. The number of benzene rings is 2. The van der Waals surface area contributed by atoms with Crippen LogP contribution in [0.1, 0.15) is 42.1 Å². The lowest BCUT2D eigenvalue weighted by Gasteiger charge is -2.28. The molecule has 0 fully saturated rings. The van der Waals surface area contributed by atoms with E-state index < -0.39 is 6.10 Å². The van der Waals surface area contributed by atoms with Crippen LogP contribution in [0, 0.1) is 0 Å². The van der Waals surface area contributed by atoms with Crippen molar-refractivity contribution in [3.05, 3.63) is 71.3 Å². The summed E-state index contributed by atoms with van der Waals surface area (Å²) in [6.45, 7) is 1.91. The zero-order chi connectivity index (χ0) is 19.8. The number of aryl methyl sites for hydroxylation is 1. The molecule has 2 atom stereocenters. The molecule has 1 amide bonds. The molecule has 0 spiro atoms. The molecule has 1 aliphatic carbocycles. The van der Waals surface area contributed by atoms with Gasteiger partial charge in [-0.15, -0.1) is 0 Å². The molecule has 0 aliphatic heterocycles. The zero-order valence-corrected chi connectivity index (χ0v) is 16.3. The van der Waals surface area contributed by atoms with Crippen LogP contribution in [-0.2, 0) is 22.5 Å². The van der Waals surface area contributed by atoms with E-state index in [9.17, 15) is 9.90 Å². The molecule has 2 aromatic rings. The highest BCUT2D eigenvalue weighted by atomic mass is 16.5. The molecule has 150 valence electrons. The predicted molar refractivity (Wildman–Crippen MR) is 110 cm³/mol. The maximum Gasteiger partial charge on any atom is 0.218 e. The standard InChI is InChI=1S/C23H30N2O3/c24-23(27)13-14-25(15-18-7-2-1-3-8-18)16-20(26)17-28-22-12-6-10-19-9-4-5-11-21(19)22/h1-5,7-9,11,20,22,26H,6,10,12-17H2,(H2,24,27)/t20-,22-/m0/s1. The van der Waals surface area contributed by atoms with E-state index in [4.69, 9.17) is 10.5 Å². The van der Waals surface area contributed by atoms with Crippen molar-refractivity contribution in [1.29, 1.82) is 0 Å². The lowest BCUT2D eigenvalue weighted by molar-refractivity contribution is -0.118.